The van der Waals surface area contributed by atoms with Crippen LogP contribution in [0.15, 0.2) is 41.5 Å². The monoisotopic (exact) mass is 561 g/mol. The highest BCUT2D eigenvalue weighted by atomic mass is 16.6. The van der Waals surface area contributed by atoms with E-state index in [1.54, 1.807) is 11.1 Å². The number of allylic oxidation sites excluding steroid dienone is 1. The Balaban J connectivity index is 1.11. The van der Waals surface area contributed by atoms with Crippen LogP contribution in [0.5, 0.6) is 0 Å². The summed E-state index contributed by atoms with van der Waals surface area (Å²) in [7, 11) is 0. The third-order valence-electron chi connectivity index (χ3n) is 13.2. The fraction of sp³-hybridized carbons (Fsp3) is 0.750. The first-order valence-electron chi connectivity index (χ1n) is 16.7. The molecule has 3 saturated carbocycles. The van der Waals surface area contributed by atoms with Gasteiger partial charge in [0.25, 0.3) is 0 Å². The van der Waals surface area contributed by atoms with E-state index in [1.165, 1.54) is 32.1 Å². The quantitative estimate of drug-likeness (QED) is 0.380. The van der Waals surface area contributed by atoms with Crippen molar-refractivity contribution < 1.29 is 19.4 Å². The Morgan fingerprint density at radius 3 is 2.71 bits per heavy atom. The van der Waals surface area contributed by atoms with E-state index < -0.39 is 0 Å². The van der Waals surface area contributed by atoms with Gasteiger partial charge in [0, 0.05) is 12.5 Å². The number of likely N-dealkylation sites (tertiary alicyclic amines) is 1. The summed E-state index contributed by atoms with van der Waals surface area (Å²) in [4.78, 5) is 15.5. The van der Waals surface area contributed by atoms with Gasteiger partial charge in [0.1, 0.15) is 6.61 Å². The number of fused-ring (bicyclic) bond motifs is 6. The van der Waals surface area contributed by atoms with Crippen molar-refractivity contribution in [3.05, 3.63) is 47.0 Å². The molecule has 5 heteroatoms. The summed E-state index contributed by atoms with van der Waals surface area (Å²) < 4.78 is 13.1. The zero-order chi connectivity index (χ0) is 28.5. The van der Waals surface area contributed by atoms with Gasteiger partial charge in [-0.15, -0.1) is 0 Å². The van der Waals surface area contributed by atoms with Crippen LogP contribution in [0.25, 0.3) is 0 Å². The van der Waals surface area contributed by atoms with Gasteiger partial charge < -0.3 is 19.5 Å². The molecule has 1 aromatic carbocycles. The number of benzene rings is 1. The minimum absolute atomic E-state index is 0.0836. The molecule has 4 aliphatic carbocycles. The lowest BCUT2D eigenvalue weighted by atomic mass is 9.52. The molecule has 0 bridgehead atoms. The first-order chi connectivity index (χ1) is 19.7. The number of carbonyl (C=O) groups excluding carboxylic acids is 1. The third-order valence-corrected chi connectivity index (χ3v) is 13.2. The molecular formula is C36H51NO4. The Morgan fingerprint density at radius 1 is 1.10 bits per heavy atom. The number of amides is 1. The minimum Gasteiger partial charge on any atom is -0.445 e. The highest BCUT2D eigenvalue weighted by Gasteiger charge is 2.60. The summed E-state index contributed by atoms with van der Waals surface area (Å²) in [6, 6.07) is 10.1. The number of carbonyl (C=O) groups is 1. The van der Waals surface area contributed by atoms with Gasteiger partial charge in [-0.05, 0) is 112 Å². The molecule has 1 amide bonds. The molecule has 1 spiro atoms. The number of rotatable bonds is 2. The Bertz CT molecular complexity index is 1180. The molecule has 2 aliphatic heterocycles. The van der Waals surface area contributed by atoms with Crippen molar-refractivity contribution in [2.45, 2.75) is 122 Å². The van der Waals surface area contributed by atoms with Crippen molar-refractivity contribution in [3.63, 3.8) is 0 Å². The summed E-state index contributed by atoms with van der Waals surface area (Å²) >= 11 is 0. The molecule has 7 rings (SSSR count). The van der Waals surface area contributed by atoms with Crippen molar-refractivity contribution in [2.75, 3.05) is 6.54 Å². The van der Waals surface area contributed by atoms with Gasteiger partial charge in [-0.25, -0.2) is 4.79 Å². The van der Waals surface area contributed by atoms with Crippen molar-refractivity contribution >= 4 is 6.09 Å². The molecule has 41 heavy (non-hydrogen) atoms. The van der Waals surface area contributed by atoms with Crippen LogP contribution in [0.1, 0.15) is 97.5 Å². The standard InChI is InChI=1S/C36H51NO4/c1-22-16-32-33(37(20-22)34(39)40-21-25-8-6-5-7-9-25)24(3)36(41-32)15-13-28-29-11-10-26-17-27(38)12-14-35(26,4)31(29)18-30(28)23(2)19-36/h5-9,22,24,26-29,31-33,38H,10-21H2,1-4H3/t22-,24+,26+,27+,28-,29?,31-,32+,33-,35-,36-/m0/s1. The van der Waals surface area contributed by atoms with E-state index in [0.717, 1.165) is 56.0 Å². The van der Waals surface area contributed by atoms with E-state index in [0.29, 0.717) is 29.8 Å². The smallest absolute Gasteiger partial charge is 0.410 e. The first kappa shape index (κ1) is 28.0. The summed E-state index contributed by atoms with van der Waals surface area (Å²) in [5.74, 6) is 3.63. The molecular weight excluding hydrogens is 510 g/mol. The lowest BCUT2D eigenvalue weighted by molar-refractivity contribution is -0.0832. The van der Waals surface area contributed by atoms with Gasteiger partial charge in [-0.1, -0.05) is 62.2 Å². The maximum absolute atomic E-state index is 13.5. The van der Waals surface area contributed by atoms with Crippen LogP contribution in [0.3, 0.4) is 0 Å². The minimum atomic E-state index is -0.190. The van der Waals surface area contributed by atoms with E-state index in [-0.39, 0.29) is 35.9 Å². The maximum atomic E-state index is 13.5. The summed E-state index contributed by atoms with van der Waals surface area (Å²) in [5.41, 5.74) is 4.56. The second kappa shape index (κ2) is 10.4. The number of aliphatic hydroxyl groups is 1. The Labute approximate surface area is 247 Å². The molecule has 224 valence electrons. The lowest BCUT2D eigenvalue weighted by Crippen LogP contribution is -2.54. The van der Waals surface area contributed by atoms with Crippen molar-refractivity contribution in [1.29, 1.82) is 0 Å². The zero-order valence-corrected chi connectivity index (χ0v) is 25.7. The number of hydrogen-bond acceptors (Lipinski definition) is 4. The lowest BCUT2D eigenvalue weighted by Gasteiger charge is -2.53. The largest absolute Gasteiger partial charge is 0.445 e. The molecule has 0 radical (unpaired) electrons. The van der Waals surface area contributed by atoms with Crippen LogP contribution < -0.4 is 0 Å². The van der Waals surface area contributed by atoms with Crippen molar-refractivity contribution in [3.8, 4) is 0 Å². The van der Waals surface area contributed by atoms with Gasteiger partial charge in [-0.3, -0.25) is 0 Å². The van der Waals surface area contributed by atoms with E-state index in [4.69, 9.17) is 9.47 Å². The number of piperidine rings is 1. The molecule has 2 heterocycles. The highest BCUT2D eigenvalue weighted by molar-refractivity contribution is 5.68. The second-order valence-electron chi connectivity index (χ2n) is 15.3. The number of nitrogens with zero attached hydrogens (tertiary/aromatic N) is 1. The average Bonchev–Trinajstić information content (AvgIpc) is 3.42. The fourth-order valence-corrected chi connectivity index (χ4v) is 11.0. The van der Waals surface area contributed by atoms with Gasteiger partial charge in [0.05, 0.1) is 23.9 Å². The number of ether oxygens (including phenoxy) is 2. The topological polar surface area (TPSA) is 59.0 Å². The van der Waals surface area contributed by atoms with Crippen LogP contribution in [-0.4, -0.2) is 46.5 Å². The second-order valence-corrected chi connectivity index (χ2v) is 15.3. The van der Waals surface area contributed by atoms with Gasteiger partial charge in [0.15, 0.2) is 0 Å². The summed E-state index contributed by atoms with van der Waals surface area (Å²) in [6.45, 7) is 10.7. The predicted molar refractivity (Wildman–Crippen MR) is 160 cm³/mol. The van der Waals surface area contributed by atoms with Crippen LogP contribution in [0, 0.1) is 40.9 Å². The maximum Gasteiger partial charge on any atom is 0.410 e. The normalized spacial score (nSPS) is 45.5. The van der Waals surface area contributed by atoms with Gasteiger partial charge >= 0.3 is 6.09 Å². The zero-order valence-electron chi connectivity index (χ0n) is 25.7. The van der Waals surface area contributed by atoms with Crippen LogP contribution in [-0.2, 0) is 16.1 Å². The molecule has 2 saturated heterocycles. The molecule has 1 N–H and O–H groups in total. The Morgan fingerprint density at radius 2 is 1.90 bits per heavy atom. The number of aliphatic hydroxyl groups excluding tert-OH is 1. The average molecular weight is 562 g/mol. The van der Waals surface area contributed by atoms with Crippen LogP contribution >= 0.6 is 0 Å². The fourth-order valence-electron chi connectivity index (χ4n) is 11.0. The Kier molecular flexibility index (Phi) is 7.09. The Hall–Kier alpha value is -1.85. The molecule has 1 unspecified atom stereocenters. The van der Waals surface area contributed by atoms with Crippen molar-refractivity contribution in [1.82, 2.24) is 4.90 Å². The SMILES string of the molecule is CC1=C2C[C@H]3C(CC[C@@H]4C[C@H](O)CC[C@@]43C)[C@@H]2CC[C@@]2(C1)O[C@@H]1C[C@H](C)CN(C(=O)OCc3ccccc3)[C@H]1[C@H]2C. The van der Waals surface area contributed by atoms with Crippen LogP contribution in [0.2, 0.25) is 0 Å². The number of hydrogen-bond donors (Lipinski definition) is 1. The molecule has 6 aliphatic rings. The van der Waals surface area contributed by atoms with E-state index in [2.05, 4.69) is 27.7 Å². The van der Waals surface area contributed by atoms with E-state index in [9.17, 15) is 9.90 Å². The van der Waals surface area contributed by atoms with Crippen molar-refractivity contribution in [2.24, 2.45) is 40.9 Å². The third kappa shape index (κ3) is 4.60. The molecule has 5 fully saturated rings. The van der Waals surface area contributed by atoms with E-state index in [1.807, 2.05) is 35.2 Å². The van der Waals surface area contributed by atoms with Gasteiger partial charge in [-0.2, -0.15) is 0 Å². The van der Waals surface area contributed by atoms with Crippen LogP contribution in [0.4, 0.5) is 4.79 Å². The molecule has 5 nitrogen and oxygen atoms in total. The molecule has 1 aromatic rings. The summed E-state index contributed by atoms with van der Waals surface area (Å²) in [6.07, 6.45) is 11.2. The highest BCUT2D eigenvalue weighted by Crippen LogP contribution is 2.65. The molecule has 0 aromatic heterocycles. The molecule has 11 atom stereocenters. The predicted octanol–water partition coefficient (Wildman–Crippen LogP) is 7.52. The van der Waals surface area contributed by atoms with Gasteiger partial charge in [0.2, 0.25) is 0 Å². The summed E-state index contributed by atoms with van der Waals surface area (Å²) in [5, 5.41) is 10.4. The van der Waals surface area contributed by atoms with E-state index >= 15 is 0 Å². The first-order valence-corrected chi connectivity index (χ1v) is 16.7.